The molecule has 0 atom stereocenters. The molecule has 0 amide bonds. The highest BCUT2D eigenvalue weighted by Crippen LogP contribution is 2.18. The van der Waals surface area contributed by atoms with E-state index in [1.54, 1.807) is 6.07 Å². The van der Waals surface area contributed by atoms with Crippen LogP contribution in [0.25, 0.3) is 0 Å². The Kier molecular flexibility index (Phi) is 1.93. The number of benzene rings is 1. The number of hydrogen-bond donors (Lipinski definition) is 1. The van der Waals surface area contributed by atoms with Crippen LogP contribution in [0.4, 0.5) is 0 Å². The average Bonchev–Trinajstić information content (AvgIpc) is 1.82. The lowest BCUT2D eigenvalue weighted by atomic mass is 10.4. The third-order valence-corrected chi connectivity index (χ3v) is 2.88. The van der Waals surface area contributed by atoms with Gasteiger partial charge >= 0.3 is 0 Å². The molecular weight excluding hydrogens is 230 g/mol. The van der Waals surface area contributed by atoms with E-state index in [0.717, 1.165) is 0 Å². The highest BCUT2D eigenvalue weighted by atomic mass is 79.9. The van der Waals surface area contributed by atoms with Crippen LogP contribution in [-0.2, 0) is 10.0 Å². The molecule has 1 aromatic rings. The molecule has 60 valence electrons. The minimum atomic E-state index is -3.80. The summed E-state index contributed by atoms with van der Waals surface area (Å²) in [4.78, 5) is -0.176. The van der Waals surface area contributed by atoms with Crippen LogP contribution in [0.1, 0.15) is 1.37 Å². The standard InChI is InChI=1S/C6H6BrNO2S/c7-5-3-1-2-4-6(5)11(8,9)10/h1-4H,(H2,8,9,10)/i4D. The Morgan fingerprint density at radius 3 is 2.55 bits per heavy atom. The summed E-state index contributed by atoms with van der Waals surface area (Å²) in [6, 6.07) is 4.36. The SMILES string of the molecule is [2H]c1cccc(Br)c1S(N)(=O)=O. The van der Waals surface area contributed by atoms with E-state index in [9.17, 15) is 8.42 Å². The smallest absolute Gasteiger partial charge is 0.225 e. The first-order valence-electron chi connectivity index (χ1n) is 3.21. The second kappa shape index (κ2) is 2.92. The van der Waals surface area contributed by atoms with Crippen LogP contribution in [-0.4, -0.2) is 8.42 Å². The van der Waals surface area contributed by atoms with Gasteiger partial charge in [-0.3, -0.25) is 0 Å². The van der Waals surface area contributed by atoms with Crippen molar-refractivity contribution in [2.45, 2.75) is 4.90 Å². The lowest BCUT2D eigenvalue weighted by Crippen LogP contribution is -2.12. The molecule has 0 radical (unpaired) electrons. The van der Waals surface area contributed by atoms with Crippen molar-refractivity contribution in [1.82, 2.24) is 0 Å². The summed E-state index contributed by atoms with van der Waals surface area (Å²) in [5.41, 5.74) is 0. The quantitative estimate of drug-likeness (QED) is 0.794. The molecule has 2 N–H and O–H groups in total. The minimum absolute atomic E-state index is 0.105. The number of nitrogens with two attached hydrogens (primary N) is 1. The normalized spacial score (nSPS) is 12.7. The maximum Gasteiger partial charge on any atom is 0.239 e. The molecule has 1 rings (SSSR count). The number of halogens is 1. The number of rotatable bonds is 1. The predicted molar refractivity (Wildman–Crippen MR) is 45.5 cm³/mol. The number of hydrogen-bond acceptors (Lipinski definition) is 2. The maximum absolute atomic E-state index is 10.9. The first kappa shape index (κ1) is 7.27. The van der Waals surface area contributed by atoms with Crippen LogP contribution in [0.2, 0.25) is 0 Å². The largest absolute Gasteiger partial charge is 0.239 e. The molecule has 3 nitrogen and oxygen atoms in total. The molecule has 0 aromatic heterocycles. The molecule has 0 aliphatic heterocycles. The molecule has 5 heteroatoms. The van der Waals surface area contributed by atoms with Gasteiger partial charge in [-0.2, -0.15) is 0 Å². The average molecular weight is 237 g/mol. The Hall–Kier alpha value is -0.390. The summed E-state index contributed by atoms with van der Waals surface area (Å²) in [7, 11) is -3.80. The van der Waals surface area contributed by atoms with Crippen molar-refractivity contribution in [3.05, 3.63) is 28.7 Å². The fourth-order valence-electron chi connectivity index (χ4n) is 0.619. The molecule has 0 bridgehead atoms. The Morgan fingerprint density at radius 1 is 1.55 bits per heavy atom. The minimum Gasteiger partial charge on any atom is -0.225 e. The summed E-state index contributed by atoms with van der Waals surface area (Å²) in [6.07, 6.45) is 0. The maximum atomic E-state index is 10.9. The van der Waals surface area contributed by atoms with Crippen molar-refractivity contribution < 1.29 is 9.79 Å². The fourth-order valence-corrected chi connectivity index (χ4v) is 2.14. The van der Waals surface area contributed by atoms with E-state index in [1.807, 2.05) is 0 Å². The van der Waals surface area contributed by atoms with Crippen molar-refractivity contribution in [3.8, 4) is 0 Å². The van der Waals surface area contributed by atoms with Crippen LogP contribution in [0.3, 0.4) is 0 Å². The highest BCUT2D eigenvalue weighted by Gasteiger charge is 2.09. The van der Waals surface area contributed by atoms with Crippen molar-refractivity contribution >= 4 is 26.0 Å². The van der Waals surface area contributed by atoms with Gasteiger partial charge in [-0.05, 0) is 28.0 Å². The molecule has 1 aromatic carbocycles. The van der Waals surface area contributed by atoms with E-state index in [2.05, 4.69) is 15.9 Å². The fraction of sp³-hybridized carbons (Fsp3) is 0. The number of sulfonamides is 1. The van der Waals surface area contributed by atoms with Gasteiger partial charge in [0.25, 0.3) is 0 Å². The van der Waals surface area contributed by atoms with Crippen LogP contribution in [0.15, 0.2) is 33.6 Å². The van der Waals surface area contributed by atoms with Crippen molar-refractivity contribution in [1.29, 1.82) is 0 Å². The molecular formula is C6H6BrNO2S. The second-order valence-corrected chi connectivity index (χ2v) is 4.24. The van der Waals surface area contributed by atoms with Gasteiger partial charge in [0.1, 0.15) is 0 Å². The summed E-state index contributed by atoms with van der Waals surface area (Å²) in [6.45, 7) is 0. The highest BCUT2D eigenvalue weighted by molar-refractivity contribution is 9.10. The van der Waals surface area contributed by atoms with Crippen LogP contribution in [0.5, 0.6) is 0 Å². The predicted octanol–water partition coefficient (Wildman–Crippen LogP) is 1.10. The van der Waals surface area contributed by atoms with E-state index in [4.69, 9.17) is 6.51 Å². The molecule has 11 heavy (non-hydrogen) atoms. The van der Waals surface area contributed by atoms with Crippen molar-refractivity contribution in [2.75, 3.05) is 0 Å². The zero-order chi connectivity index (χ0) is 9.35. The lowest BCUT2D eigenvalue weighted by molar-refractivity contribution is 0.597. The van der Waals surface area contributed by atoms with Gasteiger partial charge in [0, 0.05) is 4.47 Å². The first-order chi connectivity index (χ1) is 5.43. The lowest BCUT2D eigenvalue weighted by Gasteiger charge is -1.98. The van der Waals surface area contributed by atoms with Crippen molar-refractivity contribution in [2.24, 2.45) is 5.14 Å². The Morgan fingerprint density at radius 2 is 2.18 bits per heavy atom. The molecule has 0 heterocycles. The Balaban J connectivity index is 3.53. The second-order valence-electron chi connectivity index (χ2n) is 1.89. The van der Waals surface area contributed by atoms with Crippen LogP contribution < -0.4 is 5.14 Å². The molecule has 0 fully saturated rings. The third-order valence-electron chi connectivity index (χ3n) is 1.05. The Bertz CT molecular complexity index is 384. The molecule has 0 spiro atoms. The molecule has 0 aliphatic rings. The summed E-state index contributed by atoms with van der Waals surface area (Å²) >= 11 is 3.00. The third kappa shape index (κ3) is 2.02. The molecule has 0 saturated carbocycles. The zero-order valence-corrected chi connectivity index (χ0v) is 7.81. The number of primary sulfonamides is 1. The van der Waals surface area contributed by atoms with Crippen LogP contribution in [0, 0.1) is 0 Å². The monoisotopic (exact) mass is 236 g/mol. The van der Waals surface area contributed by atoms with Gasteiger partial charge in [-0.15, -0.1) is 0 Å². The molecule has 0 aliphatic carbocycles. The Labute approximate surface area is 74.8 Å². The van der Waals surface area contributed by atoms with Gasteiger partial charge in [0.2, 0.25) is 10.0 Å². The van der Waals surface area contributed by atoms with Gasteiger partial charge in [0.15, 0.2) is 0 Å². The van der Waals surface area contributed by atoms with E-state index in [0.29, 0.717) is 4.47 Å². The van der Waals surface area contributed by atoms with Gasteiger partial charge < -0.3 is 0 Å². The summed E-state index contributed by atoms with van der Waals surface area (Å²) in [5.74, 6) is 0. The summed E-state index contributed by atoms with van der Waals surface area (Å²) < 4.78 is 29.4. The van der Waals surface area contributed by atoms with Gasteiger partial charge in [-0.25, -0.2) is 13.6 Å². The summed E-state index contributed by atoms with van der Waals surface area (Å²) in [5, 5.41) is 4.88. The van der Waals surface area contributed by atoms with E-state index in [1.165, 1.54) is 12.1 Å². The van der Waals surface area contributed by atoms with E-state index < -0.39 is 10.0 Å². The van der Waals surface area contributed by atoms with E-state index in [-0.39, 0.29) is 10.9 Å². The van der Waals surface area contributed by atoms with Crippen LogP contribution >= 0.6 is 15.9 Å². The van der Waals surface area contributed by atoms with E-state index >= 15 is 0 Å². The topological polar surface area (TPSA) is 60.2 Å². The first-order valence-corrected chi connectivity index (χ1v) is 5.05. The van der Waals surface area contributed by atoms with Crippen molar-refractivity contribution in [3.63, 3.8) is 0 Å². The zero-order valence-electron chi connectivity index (χ0n) is 6.41. The molecule has 0 unspecified atom stereocenters. The van der Waals surface area contributed by atoms with Gasteiger partial charge in [0.05, 0.1) is 6.27 Å². The van der Waals surface area contributed by atoms with Gasteiger partial charge in [-0.1, -0.05) is 12.1 Å². The molecule has 0 saturated heterocycles.